The first-order valence-corrected chi connectivity index (χ1v) is 8.19. The van der Waals surface area contributed by atoms with E-state index in [0.717, 1.165) is 4.90 Å². The molecule has 2 rings (SSSR count). The van der Waals surface area contributed by atoms with E-state index in [-0.39, 0.29) is 11.3 Å². The maximum Gasteiger partial charge on any atom is 0.285 e. The van der Waals surface area contributed by atoms with Crippen LogP contribution in [-0.4, -0.2) is 23.1 Å². The third-order valence-electron chi connectivity index (χ3n) is 3.34. The fraction of sp³-hybridized carbons (Fsp3) is 0.235. The number of benzene rings is 2. The largest absolute Gasteiger partial charge is 0.351 e. The lowest BCUT2D eigenvalue weighted by atomic mass is 10.1. The summed E-state index contributed by atoms with van der Waals surface area (Å²) in [6.07, 6.45) is 0. The maximum absolute atomic E-state index is 12.2. The van der Waals surface area contributed by atoms with Crippen molar-refractivity contribution < 1.29 is 9.72 Å². The van der Waals surface area contributed by atoms with Crippen molar-refractivity contribution >= 4 is 23.4 Å². The van der Waals surface area contributed by atoms with Gasteiger partial charge in [0.2, 0.25) is 0 Å². The molecule has 1 amide bonds. The van der Waals surface area contributed by atoms with Crippen LogP contribution in [0.3, 0.4) is 0 Å². The van der Waals surface area contributed by atoms with Crippen molar-refractivity contribution in [2.45, 2.75) is 18.7 Å². The van der Waals surface area contributed by atoms with Gasteiger partial charge in [0.1, 0.15) is 5.56 Å². The van der Waals surface area contributed by atoms with Crippen molar-refractivity contribution in [1.29, 1.82) is 0 Å². The SMILES string of the molecule is Cc1ccc(SCCNC(=O)c2cccc(C)c2[N+](=O)[O-])cc1. The molecule has 0 aromatic heterocycles. The van der Waals surface area contributed by atoms with E-state index < -0.39 is 10.8 Å². The molecule has 0 fully saturated rings. The van der Waals surface area contributed by atoms with E-state index in [9.17, 15) is 14.9 Å². The average molecular weight is 330 g/mol. The second-order valence-corrected chi connectivity index (χ2v) is 6.31. The van der Waals surface area contributed by atoms with E-state index in [1.54, 1.807) is 30.8 Å². The molecule has 0 spiro atoms. The summed E-state index contributed by atoms with van der Waals surface area (Å²) >= 11 is 1.63. The van der Waals surface area contributed by atoms with Crippen LogP contribution in [0.2, 0.25) is 0 Å². The molecule has 0 radical (unpaired) electrons. The van der Waals surface area contributed by atoms with Gasteiger partial charge in [0.25, 0.3) is 11.6 Å². The van der Waals surface area contributed by atoms with Gasteiger partial charge in [-0.05, 0) is 32.0 Å². The number of rotatable bonds is 6. The Labute approximate surface area is 139 Å². The lowest BCUT2D eigenvalue weighted by molar-refractivity contribution is -0.385. The quantitative estimate of drug-likeness (QED) is 0.379. The molecule has 0 aliphatic rings. The summed E-state index contributed by atoms with van der Waals surface area (Å²) < 4.78 is 0. The molecule has 0 aliphatic heterocycles. The molecule has 0 heterocycles. The minimum atomic E-state index is -0.509. The summed E-state index contributed by atoms with van der Waals surface area (Å²) in [5.74, 6) is 0.291. The third kappa shape index (κ3) is 4.56. The van der Waals surface area contributed by atoms with Crippen LogP contribution >= 0.6 is 11.8 Å². The van der Waals surface area contributed by atoms with Crippen LogP contribution < -0.4 is 5.32 Å². The lowest BCUT2D eigenvalue weighted by Crippen LogP contribution is -2.26. The molecule has 0 bridgehead atoms. The van der Waals surface area contributed by atoms with Crippen LogP contribution in [0.5, 0.6) is 0 Å². The molecule has 0 saturated carbocycles. The van der Waals surface area contributed by atoms with Crippen molar-refractivity contribution in [3.05, 3.63) is 69.3 Å². The maximum atomic E-state index is 12.2. The number of nitro benzene ring substituents is 1. The van der Waals surface area contributed by atoms with Gasteiger partial charge in [-0.2, -0.15) is 0 Å². The number of aryl methyl sites for hydroxylation is 2. The molecule has 5 nitrogen and oxygen atoms in total. The number of para-hydroxylation sites is 1. The van der Waals surface area contributed by atoms with E-state index in [0.29, 0.717) is 17.9 Å². The molecule has 2 aromatic carbocycles. The van der Waals surface area contributed by atoms with Crippen LogP contribution in [0.1, 0.15) is 21.5 Å². The van der Waals surface area contributed by atoms with Gasteiger partial charge in [0, 0.05) is 22.8 Å². The van der Waals surface area contributed by atoms with Gasteiger partial charge < -0.3 is 5.32 Å². The van der Waals surface area contributed by atoms with Crippen LogP contribution in [0.4, 0.5) is 5.69 Å². The van der Waals surface area contributed by atoms with Gasteiger partial charge in [-0.1, -0.05) is 29.8 Å². The molecule has 0 atom stereocenters. The minimum Gasteiger partial charge on any atom is -0.351 e. The number of nitro groups is 1. The average Bonchev–Trinajstić information content (AvgIpc) is 2.52. The highest BCUT2D eigenvalue weighted by Gasteiger charge is 2.21. The summed E-state index contributed by atoms with van der Waals surface area (Å²) in [5, 5.41) is 13.8. The Bertz CT molecular complexity index is 714. The van der Waals surface area contributed by atoms with E-state index >= 15 is 0 Å². The van der Waals surface area contributed by atoms with E-state index in [2.05, 4.69) is 5.32 Å². The van der Waals surface area contributed by atoms with E-state index in [4.69, 9.17) is 0 Å². The van der Waals surface area contributed by atoms with Crippen LogP contribution in [-0.2, 0) is 0 Å². The van der Waals surface area contributed by atoms with Gasteiger partial charge >= 0.3 is 0 Å². The Morgan fingerprint density at radius 2 is 1.87 bits per heavy atom. The molecule has 1 N–H and O–H groups in total. The number of thioether (sulfide) groups is 1. The summed E-state index contributed by atoms with van der Waals surface area (Å²) in [6, 6.07) is 12.9. The standard InChI is InChI=1S/C17H18N2O3S/c1-12-6-8-14(9-7-12)23-11-10-18-17(20)15-5-3-4-13(2)16(15)19(21)22/h3-9H,10-11H2,1-2H3,(H,18,20). The highest BCUT2D eigenvalue weighted by atomic mass is 32.2. The number of nitrogens with one attached hydrogen (secondary N) is 1. The Kier molecular flexibility index (Phi) is 5.76. The van der Waals surface area contributed by atoms with Gasteiger partial charge in [-0.3, -0.25) is 14.9 Å². The number of carbonyl (C=O) groups excluding carboxylic acids is 1. The fourth-order valence-electron chi connectivity index (χ4n) is 2.15. The molecule has 6 heteroatoms. The Hall–Kier alpha value is -2.34. The number of hydrogen-bond acceptors (Lipinski definition) is 4. The highest BCUT2D eigenvalue weighted by Crippen LogP contribution is 2.23. The summed E-state index contributed by atoms with van der Waals surface area (Å²) in [7, 11) is 0. The fourth-order valence-corrected chi connectivity index (χ4v) is 2.92. The van der Waals surface area contributed by atoms with E-state index in [1.807, 2.05) is 31.2 Å². The zero-order valence-electron chi connectivity index (χ0n) is 13.0. The zero-order valence-corrected chi connectivity index (χ0v) is 13.9. The van der Waals surface area contributed by atoms with Crippen LogP contribution in [0.25, 0.3) is 0 Å². The first-order chi connectivity index (χ1) is 11.0. The Balaban J connectivity index is 1.91. The smallest absolute Gasteiger partial charge is 0.285 e. The molecule has 23 heavy (non-hydrogen) atoms. The van der Waals surface area contributed by atoms with Crippen molar-refractivity contribution in [2.24, 2.45) is 0 Å². The van der Waals surface area contributed by atoms with Crippen LogP contribution in [0, 0.1) is 24.0 Å². The first kappa shape index (κ1) is 17.0. The molecule has 2 aromatic rings. The second kappa shape index (κ2) is 7.78. The van der Waals surface area contributed by atoms with Gasteiger partial charge in [-0.15, -0.1) is 11.8 Å². The predicted octanol–water partition coefficient (Wildman–Crippen LogP) is 3.73. The number of carbonyl (C=O) groups is 1. The topological polar surface area (TPSA) is 72.2 Å². The molecule has 0 aliphatic carbocycles. The van der Waals surface area contributed by atoms with E-state index in [1.165, 1.54) is 11.6 Å². The molecule has 0 unspecified atom stereocenters. The summed E-state index contributed by atoms with van der Waals surface area (Å²) in [5.41, 5.74) is 1.66. The third-order valence-corrected chi connectivity index (χ3v) is 4.36. The number of hydrogen-bond donors (Lipinski definition) is 1. The normalized spacial score (nSPS) is 10.3. The van der Waals surface area contributed by atoms with Gasteiger partial charge in [0.05, 0.1) is 4.92 Å². The van der Waals surface area contributed by atoms with Crippen molar-refractivity contribution in [2.75, 3.05) is 12.3 Å². The summed E-state index contributed by atoms with van der Waals surface area (Å²) in [4.78, 5) is 23.9. The Morgan fingerprint density at radius 1 is 1.17 bits per heavy atom. The lowest BCUT2D eigenvalue weighted by Gasteiger charge is -2.07. The number of nitrogens with zero attached hydrogens (tertiary/aromatic N) is 1. The Morgan fingerprint density at radius 3 is 2.52 bits per heavy atom. The van der Waals surface area contributed by atoms with Crippen LogP contribution in [0.15, 0.2) is 47.4 Å². The minimum absolute atomic E-state index is 0.107. The molecule has 0 saturated heterocycles. The van der Waals surface area contributed by atoms with Gasteiger partial charge in [-0.25, -0.2) is 0 Å². The van der Waals surface area contributed by atoms with Crippen molar-refractivity contribution in [1.82, 2.24) is 5.32 Å². The van der Waals surface area contributed by atoms with Gasteiger partial charge in [0.15, 0.2) is 0 Å². The number of amides is 1. The summed E-state index contributed by atoms with van der Waals surface area (Å²) in [6.45, 7) is 4.11. The van der Waals surface area contributed by atoms with Crippen molar-refractivity contribution in [3.8, 4) is 0 Å². The first-order valence-electron chi connectivity index (χ1n) is 7.20. The predicted molar refractivity (Wildman–Crippen MR) is 92.1 cm³/mol. The monoisotopic (exact) mass is 330 g/mol. The molecular formula is C17H18N2O3S. The van der Waals surface area contributed by atoms with Crippen molar-refractivity contribution in [3.63, 3.8) is 0 Å². The highest BCUT2D eigenvalue weighted by molar-refractivity contribution is 7.99. The molecular weight excluding hydrogens is 312 g/mol. The molecule has 120 valence electrons. The second-order valence-electron chi connectivity index (χ2n) is 5.15. The zero-order chi connectivity index (χ0) is 16.8.